The van der Waals surface area contributed by atoms with Crippen molar-refractivity contribution in [1.29, 1.82) is 0 Å². The first-order valence-corrected chi connectivity index (χ1v) is 8.55. The fourth-order valence-electron chi connectivity index (χ4n) is 2.41. The molecule has 25 heavy (non-hydrogen) atoms. The Balaban J connectivity index is 1.71. The Bertz CT molecular complexity index is 973. The number of benzene rings is 2. The molecule has 0 aliphatic rings. The van der Waals surface area contributed by atoms with Crippen molar-refractivity contribution in [3.8, 4) is 0 Å². The smallest absolute Gasteiger partial charge is 0.338 e. The maximum atomic E-state index is 12.2. The third-order valence-electron chi connectivity index (χ3n) is 3.56. The maximum absolute atomic E-state index is 12.2. The van der Waals surface area contributed by atoms with E-state index in [1.165, 1.54) is 4.57 Å². The molecule has 0 saturated heterocycles. The number of fused-ring (bicyclic) bond motifs is 1. The lowest BCUT2D eigenvalue weighted by Crippen LogP contribution is -2.24. The highest BCUT2D eigenvalue weighted by atomic mass is 32.1. The molecule has 3 rings (SSSR count). The number of rotatable bonds is 5. The molecule has 1 amide bonds. The second-order valence-corrected chi connectivity index (χ2v) is 6.26. The van der Waals surface area contributed by atoms with Crippen molar-refractivity contribution in [3.63, 3.8) is 0 Å². The number of nitrogens with one attached hydrogen (secondary N) is 1. The van der Waals surface area contributed by atoms with E-state index in [1.54, 1.807) is 31.2 Å². The van der Waals surface area contributed by atoms with Crippen LogP contribution in [0, 0.1) is 0 Å². The zero-order valence-electron chi connectivity index (χ0n) is 13.5. The first kappa shape index (κ1) is 16.9. The standard InChI is InChI=1S/C18H16N2O4S/c1-2-24-17(22)12-7-9-13(10-8-12)19-16(21)11-20-14-5-3-4-6-15(14)25-18(20)23/h3-10H,2,11H2,1H3,(H,19,21). The summed E-state index contributed by atoms with van der Waals surface area (Å²) in [5.41, 5.74) is 1.70. The molecule has 0 bridgehead atoms. The molecule has 0 fully saturated rings. The van der Waals surface area contributed by atoms with Gasteiger partial charge in [0.25, 0.3) is 0 Å². The number of aromatic nitrogens is 1. The van der Waals surface area contributed by atoms with Crippen molar-refractivity contribution in [2.24, 2.45) is 0 Å². The van der Waals surface area contributed by atoms with Gasteiger partial charge in [0.2, 0.25) is 5.91 Å². The van der Waals surface area contributed by atoms with Gasteiger partial charge in [0, 0.05) is 5.69 Å². The van der Waals surface area contributed by atoms with Crippen LogP contribution >= 0.6 is 11.3 Å². The lowest BCUT2D eigenvalue weighted by atomic mass is 10.2. The van der Waals surface area contributed by atoms with Gasteiger partial charge in [0.1, 0.15) is 6.54 Å². The lowest BCUT2D eigenvalue weighted by Gasteiger charge is -2.07. The van der Waals surface area contributed by atoms with Crippen molar-refractivity contribution in [2.75, 3.05) is 11.9 Å². The maximum Gasteiger partial charge on any atom is 0.338 e. The summed E-state index contributed by atoms with van der Waals surface area (Å²) in [5, 5.41) is 2.72. The van der Waals surface area contributed by atoms with E-state index in [0.717, 1.165) is 21.6 Å². The Morgan fingerprint density at radius 1 is 1.12 bits per heavy atom. The van der Waals surface area contributed by atoms with E-state index in [9.17, 15) is 14.4 Å². The minimum Gasteiger partial charge on any atom is -0.462 e. The van der Waals surface area contributed by atoms with Crippen LogP contribution in [0.5, 0.6) is 0 Å². The number of anilines is 1. The number of carbonyl (C=O) groups excluding carboxylic acids is 2. The molecule has 0 spiro atoms. The summed E-state index contributed by atoms with van der Waals surface area (Å²) in [6, 6.07) is 13.8. The fourth-order valence-corrected chi connectivity index (χ4v) is 3.30. The highest BCUT2D eigenvalue weighted by Gasteiger charge is 2.12. The number of para-hydroxylation sites is 1. The zero-order valence-corrected chi connectivity index (χ0v) is 14.3. The van der Waals surface area contributed by atoms with Crippen LogP contribution in [0.4, 0.5) is 5.69 Å². The summed E-state index contributed by atoms with van der Waals surface area (Å²) in [6.45, 7) is 1.98. The Hall–Kier alpha value is -2.93. The number of hydrogen-bond donors (Lipinski definition) is 1. The predicted octanol–water partition coefficient (Wildman–Crippen LogP) is 2.88. The monoisotopic (exact) mass is 356 g/mol. The van der Waals surface area contributed by atoms with E-state index in [4.69, 9.17) is 4.74 Å². The predicted molar refractivity (Wildman–Crippen MR) is 97.1 cm³/mol. The molecule has 6 nitrogen and oxygen atoms in total. The van der Waals surface area contributed by atoms with Crippen molar-refractivity contribution in [3.05, 3.63) is 63.8 Å². The molecule has 0 aliphatic heterocycles. The molecule has 0 aliphatic carbocycles. The topological polar surface area (TPSA) is 77.4 Å². The molecule has 0 saturated carbocycles. The molecule has 1 N–H and O–H groups in total. The van der Waals surface area contributed by atoms with Crippen molar-refractivity contribution >= 4 is 39.1 Å². The molecule has 1 aromatic heterocycles. The van der Waals surface area contributed by atoms with Crippen LogP contribution in [0.15, 0.2) is 53.3 Å². The molecule has 0 unspecified atom stereocenters. The first-order valence-electron chi connectivity index (χ1n) is 7.74. The summed E-state index contributed by atoms with van der Waals surface area (Å²) in [7, 11) is 0. The van der Waals surface area contributed by atoms with Gasteiger partial charge >= 0.3 is 10.8 Å². The number of carbonyl (C=O) groups is 2. The van der Waals surface area contributed by atoms with Gasteiger partial charge in [0.05, 0.1) is 22.4 Å². The molecule has 2 aromatic carbocycles. The van der Waals surface area contributed by atoms with Crippen molar-refractivity contribution in [1.82, 2.24) is 4.57 Å². The summed E-state index contributed by atoms with van der Waals surface area (Å²) in [5.74, 6) is -0.716. The summed E-state index contributed by atoms with van der Waals surface area (Å²) in [4.78, 5) is 35.7. The quantitative estimate of drug-likeness (QED) is 0.713. The summed E-state index contributed by atoms with van der Waals surface area (Å²) in [6.07, 6.45) is 0. The van der Waals surface area contributed by atoms with Gasteiger partial charge in [0.15, 0.2) is 0 Å². The van der Waals surface area contributed by atoms with E-state index in [1.807, 2.05) is 24.3 Å². The van der Waals surface area contributed by atoms with Crippen LogP contribution in [0.1, 0.15) is 17.3 Å². The number of thiazole rings is 1. The molecular weight excluding hydrogens is 340 g/mol. The Labute approximate surface area is 147 Å². The van der Waals surface area contributed by atoms with E-state index < -0.39 is 5.97 Å². The SMILES string of the molecule is CCOC(=O)c1ccc(NC(=O)Cn2c(=O)sc3ccccc32)cc1. The molecule has 3 aromatic rings. The number of amides is 1. The van der Waals surface area contributed by atoms with Crippen LogP contribution in [-0.4, -0.2) is 23.1 Å². The summed E-state index contributed by atoms with van der Waals surface area (Å²) >= 11 is 1.11. The molecular formula is C18H16N2O4S. The Kier molecular flexibility index (Phi) is 4.95. The molecule has 7 heteroatoms. The van der Waals surface area contributed by atoms with Gasteiger partial charge in [-0.05, 0) is 43.3 Å². The number of ether oxygens (including phenoxy) is 1. The third-order valence-corrected chi connectivity index (χ3v) is 4.52. The van der Waals surface area contributed by atoms with Gasteiger partial charge in [-0.2, -0.15) is 0 Å². The lowest BCUT2D eigenvalue weighted by molar-refractivity contribution is -0.116. The highest BCUT2D eigenvalue weighted by molar-refractivity contribution is 7.16. The van der Waals surface area contributed by atoms with Gasteiger partial charge < -0.3 is 10.1 Å². The average Bonchev–Trinajstić information content (AvgIpc) is 2.91. The van der Waals surface area contributed by atoms with Gasteiger partial charge in [-0.15, -0.1) is 0 Å². The van der Waals surface area contributed by atoms with Crippen molar-refractivity contribution in [2.45, 2.75) is 13.5 Å². The second-order valence-electron chi connectivity index (χ2n) is 5.27. The second kappa shape index (κ2) is 7.31. The van der Waals surface area contributed by atoms with Crippen LogP contribution in [0.2, 0.25) is 0 Å². The average molecular weight is 356 g/mol. The first-order chi connectivity index (χ1) is 12.1. The van der Waals surface area contributed by atoms with E-state index >= 15 is 0 Å². The number of esters is 1. The number of nitrogens with zero attached hydrogens (tertiary/aromatic N) is 1. The third kappa shape index (κ3) is 3.77. The van der Waals surface area contributed by atoms with Gasteiger partial charge in [-0.1, -0.05) is 23.5 Å². The molecule has 1 heterocycles. The van der Waals surface area contributed by atoms with Crippen LogP contribution < -0.4 is 10.2 Å². The molecule has 0 radical (unpaired) electrons. The Morgan fingerprint density at radius 3 is 2.56 bits per heavy atom. The number of hydrogen-bond acceptors (Lipinski definition) is 5. The molecule has 128 valence electrons. The summed E-state index contributed by atoms with van der Waals surface area (Å²) < 4.78 is 7.20. The zero-order chi connectivity index (χ0) is 17.8. The van der Waals surface area contributed by atoms with Crippen LogP contribution in [0.3, 0.4) is 0 Å². The minimum absolute atomic E-state index is 0.0670. The highest BCUT2D eigenvalue weighted by Crippen LogP contribution is 2.16. The van der Waals surface area contributed by atoms with Crippen molar-refractivity contribution < 1.29 is 14.3 Å². The normalized spacial score (nSPS) is 10.6. The van der Waals surface area contributed by atoms with E-state index in [-0.39, 0.29) is 17.3 Å². The largest absolute Gasteiger partial charge is 0.462 e. The fraction of sp³-hybridized carbons (Fsp3) is 0.167. The molecule has 0 atom stereocenters. The van der Waals surface area contributed by atoms with Crippen LogP contribution in [0.25, 0.3) is 10.2 Å². The van der Waals surface area contributed by atoms with E-state index in [0.29, 0.717) is 17.9 Å². The Morgan fingerprint density at radius 2 is 1.84 bits per heavy atom. The minimum atomic E-state index is -0.406. The van der Waals surface area contributed by atoms with Crippen LogP contribution in [-0.2, 0) is 16.1 Å². The van der Waals surface area contributed by atoms with E-state index in [2.05, 4.69) is 5.32 Å². The van der Waals surface area contributed by atoms with Gasteiger partial charge in [-0.3, -0.25) is 14.2 Å². The van der Waals surface area contributed by atoms with Gasteiger partial charge in [-0.25, -0.2) is 4.79 Å².